The van der Waals surface area contributed by atoms with Crippen LogP contribution in [0.4, 0.5) is 0 Å². The molecule has 0 aromatic heterocycles. The van der Waals surface area contributed by atoms with E-state index in [0.29, 0.717) is 12.1 Å². The number of methoxy groups -OCH3 is 1. The number of nitrogens with zero attached hydrogens (tertiary/aromatic N) is 1. The van der Waals surface area contributed by atoms with Gasteiger partial charge in [0, 0.05) is 19.0 Å². The Bertz CT molecular complexity index is 447. The summed E-state index contributed by atoms with van der Waals surface area (Å²) in [7, 11) is 1.41. The van der Waals surface area contributed by atoms with E-state index in [1.807, 2.05) is 12.1 Å². The van der Waals surface area contributed by atoms with Crippen molar-refractivity contribution < 1.29 is 9.53 Å². The van der Waals surface area contributed by atoms with Crippen molar-refractivity contribution in [2.75, 3.05) is 20.2 Å². The van der Waals surface area contributed by atoms with Crippen LogP contribution in [0, 0.1) is 17.2 Å². The van der Waals surface area contributed by atoms with Gasteiger partial charge in [0.15, 0.2) is 0 Å². The maximum absolute atomic E-state index is 11.6. The van der Waals surface area contributed by atoms with E-state index in [2.05, 4.69) is 11.4 Å². The molecule has 0 radical (unpaired) electrons. The molecule has 88 valence electrons. The van der Waals surface area contributed by atoms with Crippen LogP contribution in [0.5, 0.6) is 0 Å². The van der Waals surface area contributed by atoms with E-state index in [-0.39, 0.29) is 17.8 Å². The number of nitrogens with one attached hydrogen (secondary N) is 1. The summed E-state index contributed by atoms with van der Waals surface area (Å²) in [4.78, 5) is 11.6. The molecule has 1 saturated heterocycles. The average Bonchev–Trinajstić information content (AvgIpc) is 2.87. The summed E-state index contributed by atoms with van der Waals surface area (Å²) in [5.41, 5.74) is 1.71. The highest BCUT2D eigenvalue weighted by Gasteiger charge is 2.34. The minimum absolute atomic E-state index is 0.132. The summed E-state index contributed by atoms with van der Waals surface area (Å²) in [5, 5.41) is 11.9. The molecule has 4 heteroatoms. The van der Waals surface area contributed by atoms with E-state index >= 15 is 0 Å². The van der Waals surface area contributed by atoms with Crippen LogP contribution in [0.3, 0.4) is 0 Å². The number of carbonyl (C=O) groups is 1. The second-order valence-electron chi connectivity index (χ2n) is 4.13. The van der Waals surface area contributed by atoms with Gasteiger partial charge in [0.05, 0.1) is 24.7 Å². The third-order valence-corrected chi connectivity index (χ3v) is 3.19. The molecule has 0 aliphatic carbocycles. The lowest BCUT2D eigenvalue weighted by Crippen LogP contribution is -2.22. The van der Waals surface area contributed by atoms with E-state index in [0.717, 1.165) is 12.1 Å². The van der Waals surface area contributed by atoms with Crippen molar-refractivity contribution in [3.05, 3.63) is 35.4 Å². The summed E-state index contributed by atoms with van der Waals surface area (Å²) in [6.45, 7) is 1.42. The number of ether oxygens (including phenoxy) is 1. The van der Waals surface area contributed by atoms with Crippen LogP contribution >= 0.6 is 0 Å². The molecule has 1 heterocycles. The lowest BCUT2D eigenvalue weighted by Gasteiger charge is -2.16. The summed E-state index contributed by atoms with van der Waals surface area (Å²) in [5.74, 6) is -0.174. The minimum atomic E-state index is -0.177. The maximum atomic E-state index is 11.6. The van der Waals surface area contributed by atoms with Crippen LogP contribution in [0.2, 0.25) is 0 Å². The highest BCUT2D eigenvalue weighted by atomic mass is 16.5. The molecule has 0 spiro atoms. The number of rotatable bonds is 2. The molecule has 4 nitrogen and oxygen atoms in total. The fraction of sp³-hybridized carbons (Fsp3) is 0.385. The smallest absolute Gasteiger partial charge is 0.310 e. The fourth-order valence-corrected chi connectivity index (χ4v) is 2.23. The van der Waals surface area contributed by atoms with Crippen LogP contribution in [-0.2, 0) is 9.53 Å². The Morgan fingerprint density at radius 1 is 1.41 bits per heavy atom. The van der Waals surface area contributed by atoms with Crippen molar-refractivity contribution in [1.82, 2.24) is 5.32 Å². The van der Waals surface area contributed by atoms with Crippen LogP contribution in [0.1, 0.15) is 17.0 Å². The molecule has 1 aliphatic rings. The molecule has 1 fully saturated rings. The number of hydrogen-bond donors (Lipinski definition) is 1. The first kappa shape index (κ1) is 11.6. The first-order chi connectivity index (χ1) is 8.26. The van der Waals surface area contributed by atoms with Crippen molar-refractivity contribution in [3.63, 3.8) is 0 Å². The largest absolute Gasteiger partial charge is 0.469 e. The molecule has 1 aromatic carbocycles. The Kier molecular flexibility index (Phi) is 3.40. The van der Waals surface area contributed by atoms with Crippen LogP contribution in [-0.4, -0.2) is 26.2 Å². The predicted octanol–water partition coefficient (Wildman–Crippen LogP) is 1.03. The fourth-order valence-electron chi connectivity index (χ4n) is 2.23. The molecule has 1 N–H and O–H groups in total. The Labute approximate surface area is 100 Å². The molecule has 0 bridgehead atoms. The van der Waals surface area contributed by atoms with E-state index in [1.165, 1.54) is 7.11 Å². The Morgan fingerprint density at radius 3 is 2.71 bits per heavy atom. The summed E-state index contributed by atoms with van der Waals surface area (Å²) < 4.78 is 4.80. The molecule has 0 amide bonds. The van der Waals surface area contributed by atoms with Crippen molar-refractivity contribution >= 4 is 5.97 Å². The maximum Gasteiger partial charge on any atom is 0.310 e. The number of hydrogen-bond acceptors (Lipinski definition) is 4. The molecular weight excluding hydrogens is 216 g/mol. The molecule has 1 aromatic rings. The number of esters is 1. The lowest BCUT2D eigenvalue weighted by molar-refractivity contribution is -0.145. The number of nitriles is 1. The Hall–Kier alpha value is -1.86. The molecule has 0 unspecified atom stereocenters. The second-order valence-corrected chi connectivity index (χ2v) is 4.13. The molecule has 2 atom stereocenters. The van der Waals surface area contributed by atoms with Crippen LogP contribution in [0.15, 0.2) is 24.3 Å². The zero-order valence-electron chi connectivity index (χ0n) is 9.64. The quantitative estimate of drug-likeness (QED) is 0.771. The summed E-state index contributed by atoms with van der Waals surface area (Å²) >= 11 is 0. The van der Waals surface area contributed by atoms with Gasteiger partial charge in [-0.15, -0.1) is 0 Å². The SMILES string of the molecule is COC(=O)[C@H]1CNC[C@H]1c1ccc(C#N)cc1. The van der Waals surface area contributed by atoms with Crippen molar-refractivity contribution in [1.29, 1.82) is 5.26 Å². The second kappa shape index (κ2) is 4.98. The third kappa shape index (κ3) is 2.29. The van der Waals surface area contributed by atoms with Gasteiger partial charge in [-0.05, 0) is 17.7 Å². The van der Waals surface area contributed by atoms with Gasteiger partial charge in [-0.25, -0.2) is 0 Å². The van der Waals surface area contributed by atoms with Gasteiger partial charge < -0.3 is 10.1 Å². The first-order valence-corrected chi connectivity index (χ1v) is 5.55. The Morgan fingerprint density at radius 2 is 2.12 bits per heavy atom. The molecular formula is C13H14N2O2. The van der Waals surface area contributed by atoms with Crippen molar-refractivity contribution in [2.24, 2.45) is 5.92 Å². The highest BCUT2D eigenvalue weighted by Crippen LogP contribution is 2.29. The number of benzene rings is 1. The highest BCUT2D eigenvalue weighted by molar-refractivity contribution is 5.74. The van der Waals surface area contributed by atoms with Crippen LogP contribution < -0.4 is 5.32 Å². The van der Waals surface area contributed by atoms with Gasteiger partial charge in [0.1, 0.15) is 0 Å². The van der Waals surface area contributed by atoms with E-state index in [9.17, 15) is 4.79 Å². The summed E-state index contributed by atoms with van der Waals surface area (Å²) in [6.07, 6.45) is 0. The summed E-state index contributed by atoms with van der Waals surface area (Å²) in [6, 6.07) is 9.46. The van der Waals surface area contributed by atoms with Gasteiger partial charge in [0.25, 0.3) is 0 Å². The first-order valence-electron chi connectivity index (χ1n) is 5.55. The zero-order chi connectivity index (χ0) is 12.3. The minimum Gasteiger partial charge on any atom is -0.469 e. The topological polar surface area (TPSA) is 62.1 Å². The lowest BCUT2D eigenvalue weighted by atomic mass is 9.88. The normalized spacial score (nSPS) is 23.1. The van der Waals surface area contributed by atoms with Gasteiger partial charge in [-0.1, -0.05) is 12.1 Å². The van der Waals surface area contributed by atoms with Crippen molar-refractivity contribution in [3.8, 4) is 6.07 Å². The predicted molar refractivity (Wildman–Crippen MR) is 62.3 cm³/mol. The van der Waals surface area contributed by atoms with E-state index in [4.69, 9.17) is 10.00 Å². The van der Waals surface area contributed by atoms with E-state index < -0.39 is 0 Å². The average molecular weight is 230 g/mol. The van der Waals surface area contributed by atoms with E-state index in [1.54, 1.807) is 12.1 Å². The Balaban J connectivity index is 2.20. The van der Waals surface area contributed by atoms with Gasteiger partial charge >= 0.3 is 5.97 Å². The zero-order valence-corrected chi connectivity index (χ0v) is 9.64. The van der Waals surface area contributed by atoms with Gasteiger partial charge in [0.2, 0.25) is 0 Å². The number of carbonyl (C=O) groups excluding carboxylic acids is 1. The molecule has 17 heavy (non-hydrogen) atoms. The van der Waals surface area contributed by atoms with Crippen LogP contribution in [0.25, 0.3) is 0 Å². The standard InChI is InChI=1S/C13H14N2O2/c1-17-13(16)12-8-15-7-11(12)10-4-2-9(6-14)3-5-10/h2-5,11-12,15H,7-8H2,1H3/t11-,12-/m0/s1. The third-order valence-electron chi connectivity index (χ3n) is 3.19. The van der Waals surface area contributed by atoms with Gasteiger partial charge in [-0.2, -0.15) is 5.26 Å². The molecule has 0 saturated carbocycles. The monoisotopic (exact) mass is 230 g/mol. The van der Waals surface area contributed by atoms with Gasteiger partial charge in [-0.3, -0.25) is 4.79 Å². The van der Waals surface area contributed by atoms with Crippen molar-refractivity contribution in [2.45, 2.75) is 5.92 Å². The molecule has 1 aliphatic heterocycles. The molecule has 2 rings (SSSR count).